The maximum atomic E-state index is 2.69. The van der Waals surface area contributed by atoms with Crippen LogP contribution in [0.2, 0.25) is 0 Å². The minimum Gasteiger partial charge on any atom is -0.191 e. The van der Waals surface area contributed by atoms with E-state index < -0.39 is 0 Å². The van der Waals surface area contributed by atoms with Gasteiger partial charge in [0.15, 0.2) is 11.7 Å². The third kappa shape index (κ3) is 2.43. The molecule has 2 aliphatic rings. The Morgan fingerprint density at radius 3 is 2.48 bits per heavy atom. The molecule has 1 aliphatic heterocycles. The van der Waals surface area contributed by atoms with Crippen LogP contribution < -0.4 is 4.57 Å². The molecule has 1 heteroatoms. The van der Waals surface area contributed by atoms with Gasteiger partial charge in [0.1, 0.15) is 0 Å². The lowest BCUT2D eigenvalue weighted by atomic mass is 9.47. The van der Waals surface area contributed by atoms with Gasteiger partial charge in [-0.05, 0) is 54.3 Å². The molecule has 0 saturated heterocycles. The van der Waals surface area contributed by atoms with Crippen molar-refractivity contribution in [2.75, 3.05) is 0 Å². The van der Waals surface area contributed by atoms with Crippen LogP contribution in [0.5, 0.6) is 0 Å². The van der Waals surface area contributed by atoms with E-state index in [0.29, 0.717) is 5.41 Å². The molecule has 5 rings (SSSR count). The van der Waals surface area contributed by atoms with Crippen LogP contribution in [0.4, 0.5) is 0 Å². The molecule has 29 heavy (non-hydrogen) atoms. The van der Waals surface area contributed by atoms with Crippen molar-refractivity contribution in [2.24, 2.45) is 0 Å². The number of hydrogen-bond acceptors (Lipinski definition) is 0. The summed E-state index contributed by atoms with van der Waals surface area (Å²) in [6.45, 7) is 7.10. The van der Waals surface area contributed by atoms with Gasteiger partial charge in [0.2, 0.25) is 5.69 Å². The number of fused-ring (bicyclic) bond motifs is 8. The highest BCUT2D eigenvalue weighted by Crippen LogP contribution is 2.62. The molecule has 3 aromatic rings. The van der Waals surface area contributed by atoms with Gasteiger partial charge in [0.05, 0.1) is 16.4 Å². The van der Waals surface area contributed by atoms with Gasteiger partial charge in [-0.15, -0.1) is 0 Å². The summed E-state index contributed by atoms with van der Waals surface area (Å²) in [4.78, 5) is 0. The fourth-order valence-corrected chi connectivity index (χ4v) is 6.62. The molecule has 1 aromatic heterocycles. The fourth-order valence-electron chi connectivity index (χ4n) is 6.62. The lowest BCUT2D eigenvalue weighted by molar-refractivity contribution is -0.782. The first kappa shape index (κ1) is 18.9. The van der Waals surface area contributed by atoms with Crippen LogP contribution in [-0.2, 0) is 17.4 Å². The zero-order valence-electron chi connectivity index (χ0n) is 18.3. The predicted molar refractivity (Wildman–Crippen MR) is 122 cm³/mol. The predicted octanol–water partition coefficient (Wildman–Crippen LogP) is 7.09. The monoisotopic (exact) mass is 384 g/mol. The molecule has 1 fully saturated rings. The Labute approximate surface area is 175 Å². The van der Waals surface area contributed by atoms with E-state index >= 15 is 0 Å². The third-order valence-corrected chi connectivity index (χ3v) is 8.29. The van der Waals surface area contributed by atoms with Crippen molar-refractivity contribution in [3.63, 3.8) is 0 Å². The van der Waals surface area contributed by atoms with Crippen LogP contribution in [0.3, 0.4) is 0 Å². The van der Waals surface area contributed by atoms with Crippen LogP contribution in [0.1, 0.15) is 76.8 Å². The normalized spacial score (nSPS) is 24.5. The van der Waals surface area contributed by atoms with Gasteiger partial charge < -0.3 is 0 Å². The summed E-state index contributed by atoms with van der Waals surface area (Å²) in [6, 6.07) is 18.8. The Bertz CT molecular complexity index is 1060. The van der Waals surface area contributed by atoms with Gasteiger partial charge in [-0.2, -0.15) is 4.57 Å². The van der Waals surface area contributed by atoms with Gasteiger partial charge in [-0.25, -0.2) is 0 Å². The SMILES string of the molecule is CCCCCc1ccc2c(c1)-c1c3ccccc3cc[n+]1C1(CC)CCC21CC. The van der Waals surface area contributed by atoms with E-state index in [4.69, 9.17) is 0 Å². The minimum atomic E-state index is 0.234. The summed E-state index contributed by atoms with van der Waals surface area (Å²) in [5.41, 5.74) is 6.61. The Kier molecular flexibility index (Phi) is 4.53. The van der Waals surface area contributed by atoms with Crippen LogP contribution >= 0.6 is 0 Å². The van der Waals surface area contributed by atoms with E-state index in [1.807, 2.05) is 0 Å². The molecule has 1 saturated carbocycles. The van der Waals surface area contributed by atoms with Crippen molar-refractivity contribution in [2.45, 2.75) is 83.1 Å². The molecule has 2 aromatic carbocycles. The standard InChI is InChI=1S/C28H34N/c1-4-7-8-11-21-14-15-25-24(20-21)26-23-13-10-9-12-22(23)16-19-29(26)28(6-3)18-17-27(25,28)5-2/h9-10,12-16,19-20H,4-8,11,17-18H2,1-3H3/q+1. The van der Waals surface area contributed by atoms with Crippen molar-refractivity contribution >= 4 is 10.8 Å². The Morgan fingerprint density at radius 1 is 0.897 bits per heavy atom. The molecule has 1 aliphatic carbocycles. The first-order valence-electron chi connectivity index (χ1n) is 11.8. The quantitative estimate of drug-likeness (QED) is 0.315. The average Bonchev–Trinajstić information content (AvgIpc) is 2.74. The molecular weight excluding hydrogens is 350 g/mol. The minimum absolute atomic E-state index is 0.234. The van der Waals surface area contributed by atoms with Crippen molar-refractivity contribution in [1.29, 1.82) is 0 Å². The first-order chi connectivity index (χ1) is 14.2. The third-order valence-electron chi connectivity index (χ3n) is 8.29. The van der Waals surface area contributed by atoms with Gasteiger partial charge in [0, 0.05) is 18.9 Å². The Morgan fingerprint density at radius 2 is 1.76 bits per heavy atom. The average molecular weight is 385 g/mol. The number of hydrogen-bond donors (Lipinski definition) is 0. The number of rotatable bonds is 6. The summed E-state index contributed by atoms with van der Waals surface area (Å²) < 4.78 is 2.69. The molecule has 0 bridgehead atoms. The lowest BCUT2D eigenvalue weighted by Crippen LogP contribution is -2.75. The Balaban J connectivity index is 1.79. The maximum absolute atomic E-state index is 2.69. The number of aryl methyl sites for hydroxylation is 1. The second-order valence-corrected chi connectivity index (χ2v) is 9.28. The maximum Gasteiger partial charge on any atom is 0.221 e. The Hall–Kier alpha value is -2.15. The van der Waals surface area contributed by atoms with E-state index in [-0.39, 0.29) is 5.54 Å². The van der Waals surface area contributed by atoms with E-state index in [0.717, 1.165) is 0 Å². The summed E-state index contributed by atoms with van der Waals surface area (Å²) >= 11 is 0. The van der Waals surface area contributed by atoms with Gasteiger partial charge in [0.25, 0.3) is 0 Å². The molecule has 1 nitrogen and oxygen atoms in total. The summed E-state index contributed by atoms with van der Waals surface area (Å²) in [5, 5.41) is 2.77. The molecule has 150 valence electrons. The number of unbranched alkanes of at least 4 members (excludes halogenated alkanes) is 2. The van der Waals surface area contributed by atoms with E-state index in [2.05, 4.69) is 80.1 Å². The largest absolute Gasteiger partial charge is 0.221 e. The summed E-state index contributed by atoms with van der Waals surface area (Å²) in [7, 11) is 0. The molecular formula is C28H34N+. The lowest BCUT2D eigenvalue weighted by Gasteiger charge is -2.57. The van der Waals surface area contributed by atoms with E-state index in [1.165, 1.54) is 79.0 Å². The second kappa shape index (κ2) is 6.97. The smallest absolute Gasteiger partial charge is 0.191 e. The summed E-state index contributed by atoms with van der Waals surface area (Å²) in [6.07, 6.45) is 12.5. The number of aromatic nitrogens is 1. The number of benzene rings is 2. The van der Waals surface area contributed by atoms with Crippen LogP contribution in [0, 0.1) is 0 Å². The zero-order chi connectivity index (χ0) is 20.1. The highest BCUT2D eigenvalue weighted by atomic mass is 15.1. The van der Waals surface area contributed by atoms with Gasteiger partial charge in [-0.1, -0.05) is 63.9 Å². The van der Waals surface area contributed by atoms with E-state index in [9.17, 15) is 0 Å². The van der Waals surface area contributed by atoms with E-state index in [1.54, 1.807) is 5.56 Å². The molecule has 2 unspecified atom stereocenters. The van der Waals surface area contributed by atoms with Gasteiger partial charge in [-0.3, -0.25) is 0 Å². The second-order valence-electron chi connectivity index (χ2n) is 9.28. The zero-order valence-corrected chi connectivity index (χ0v) is 18.3. The molecule has 2 atom stereocenters. The highest BCUT2D eigenvalue weighted by Gasteiger charge is 2.68. The molecule has 0 spiro atoms. The van der Waals surface area contributed by atoms with Crippen molar-refractivity contribution in [1.82, 2.24) is 0 Å². The van der Waals surface area contributed by atoms with Crippen molar-refractivity contribution < 1.29 is 4.57 Å². The van der Waals surface area contributed by atoms with Crippen molar-refractivity contribution in [3.05, 3.63) is 65.9 Å². The topological polar surface area (TPSA) is 3.88 Å². The molecule has 2 heterocycles. The fraction of sp³-hybridized carbons (Fsp3) is 0.464. The molecule has 0 radical (unpaired) electrons. The van der Waals surface area contributed by atoms with Crippen LogP contribution in [0.15, 0.2) is 54.7 Å². The highest BCUT2D eigenvalue weighted by molar-refractivity contribution is 5.94. The molecule has 0 N–H and O–H groups in total. The van der Waals surface area contributed by atoms with Crippen molar-refractivity contribution in [3.8, 4) is 11.3 Å². The van der Waals surface area contributed by atoms with Crippen LogP contribution in [-0.4, -0.2) is 0 Å². The first-order valence-corrected chi connectivity index (χ1v) is 11.8. The van der Waals surface area contributed by atoms with Gasteiger partial charge >= 0.3 is 0 Å². The molecule has 0 amide bonds. The summed E-state index contributed by atoms with van der Waals surface area (Å²) in [5.74, 6) is 0. The van der Waals surface area contributed by atoms with Crippen LogP contribution in [0.25, 0.3) is 22.0 Å². The number of pyridine rings is 1. The number of nitrogens with zero attached hydrogens (tertiary/aromatic N) is 1.